The van der Waals surface area contributed by atoms with Crippen LogP contribution in [0.5, 0.6) is 0 Å². The van der Waals surface area contributed by atoms with Crippen LogP contribution in [0.1, 0.15) is 56.0 Å². The van der Waals surface area contributed by atoms with Crippen LogP contribution in [0.3, 0.4) is 0 Å². The number of hydrogen-bond acceptors (Lipinski definition) is 4. The lowest BCUT2D eigenvalue weighted by molar-refractivity contribution is 0.919. The van der Waals surface area contributed by atoms with Gasteiger partial charge in [-0.05, 0) is 137 Å². The molecular weight excluding hydrogens is 873 g/mol. The average Bonchev–Trinajstić information content (AvgIpc) is 3.41. The summed E-state index contributed by atoms with van der Waals surface area (Å²) in [7, 11) is 0. The van der Waals surface area contributed by atoms with Crippen molar-refractivity contribution >= 4 is 28.1 Å². The minimum Gasteiger partial charge on any atom is -0.278 e. The van der Waals surface area contributed by atoms with E-state index in [9.17, 15) is 0 Å². The summed E-state index contributed by atoms with van der Waals surface area (Å²) in [6, 6.07) is 80.2. The molecule has 0 aliphatic heterocycles. The first-order valence-corrected chi connectivity index (χ1v) is 24.9. The predicted octanol–water partition coefficient (Wildman–Crippen LogP) is 17.9. The Balaban J connectivity index is 1.08. The summed E-state index contributed by atoms with van der Waals surface area (Å²) in [5, 5.41) is 2.43. The molecule has 348 valence electrons. The van der Waals surface area contributed by atoms with Crippen LogP contribution in [0.4, 0.5) is 17.3 Å². The zero-order chi connectivity index (χ0) is 49.3. The molecule has 0 fully saturated rings. The normalized spacial score (nSPS) is 11.3. The minimum absolute atomic E-state index is 0.0283. The van der Waals surface area contributed by atoms with Crippen LogP contribution in [-0.2, 0) is 0 Å². The molecule has 10 aromatic carbocycles. The standard InChI is InChI=1S/C68H56N4/c1-44-40-46(3)62(47(4)41-44)65(63-48(5)42-45(2)43-49(63)6)54-36-38-57(39-37-54)72(61-31-17-16-28-58(61)50-20-10-7-11-21-50)68-70-66(55-24-14-9-15-25-55)69-67(71-68)56-34-32-52(33-35-56)60-30-19-27-53-26-18-29-59(64(53)60)51-22-12-8-13-23-51/h7-43,65H,1-6H3. The largest absolute Gasteiger partial charge is 0.278 e. The zero-order valence-corrected chi connectivity index (χ0v) is 41.7. The molecule has 72 heavy (non-hydrogen) atoms. The van der Waals surface area contributed by atoms with Crippen molar-refractivity contribution in [3.05, 3.63) is 275 Å². The van der Waals surface area contributed by atoms with Crippen LogP contribution < -0.4 is 4.90 Å². The molecule has 11 aromatic rings. The molecule has 0 aliphatic rings. The molecule has 0 unspecified atom stereocenters. The van der Waals surface area contributed by atoms with Gasteiger partial charge in [0.2, 0.25) is 5.95 Å². The maximum Gasteiger partial charge on any atom is 0.238 e. The first-order chi connectivity index (χ1) is 35.2. The third kappa shape index (κ3) is 8.88. The van der Waals surface area contributed by atoms with Gasteiger partial charge >= 0.3 is 0 Å². The molecule has 0 saturated carbocycles. The van der Waals surface area contributed by atoms with Crippen LogP contribution in [0.25, 0.3) is 66.9 Å². The Morgan fingerprint density at radius 2 is 0.750 bits per heavy atom. The third-order valence-corrected chi connectivity index (χ3v) is 14.1. The van der Waals surface area contributed by atoms with E-state index >= 15 is 0 Å². The van der Waals surface area contributed by atoms with Crippen molar-refractivity contribution in [2.45, 2.75) is 47.5 Å². The van der Waals surface area contributed by atoms with Gasteiger partial charge in [0.1, 0.15) is 0 Å². The molecule has 4 heteroatoms. The second kappa shape index (κ2) is 19.6. The topological polar surface area (TPSA) is 41.9 Å². The molecule has 11 rings (SSSR count). The van der Waals surface area contributed by atoms with Crippen molar-refractivity contribution in [3.8, 4) is 56.2 Å². The van der Waals surface area contributed by atoms with Crippen LogP contribution in [0.2, 0.25) is 0 Å². The molecule has 1 aromatic heterocycles. The van der Waals surface area contributed by atoms with Crippen LogP contribution in [0.15, 0.2) is 224 Å². The van der Waals surface area contributed by atoms with E-state index in [2.05, 4.69) is 253 Å². The molecular formula is C68H56N4. The number of aryl methyl sites for hydroxylation is 6. The van der Waals surface area contributed by atoms with Gasteiger partial charge in [0.25, 0.3) is 0 Å². The molecule has 0 N–H and O–H groups in total. The van der Waals surface area contributed by atoms with Crippen molar-refractivity contribution in [1.82, 2.24) is 15.0 Å². The summed E-state index contributed by atoms with van der Waals surface area (Å²) < 4.78 is 0. The first kappa shape index (κ1) is 45.7. The molecule has 0 amide bonds. The fourth-order valence-electron chi connectivity index (χ4n) is 11.0. The highest BCUT2D eigenvalue weighted by molar-refractivity contribution is 6.06. The Morgan fingerprint density at radius 3 is 1.26 bits per heavy atom. The van der Waals surface area contributed by atoms with E-state index in [1.807, 2.05) is 18.2 Å². The van der Waals surface area contributed by atoms with E-state index in [4.69, 9.17) is 15.0 Å². The summed E-state index contributed by atoms with van der Waals surface area (Å²) in [5.41, 5.74) is 22.2. The fourth-order valence-corrected chi connectivity index (χ4v) is 11.0. The smallest absolute Gasteiger partial charge is 0.238 e. The number of anilines is 3. The van der Waals surface area contributed by atoms with Gasteiger partial charge in [-0.25, -0.2) is 4.98 Å². The summed E-state index contributed by atoms with van der Waals surface area (Å²) >= 11 is 0. The van der Waals surface area contributed by atoms with Gasteiger partial charge in [0.05, 0.1) is 5.69 Å². The van der Waals surface area contributed by atoms with Gasteiger partial charge < -0.3 is 0 Å². The quantitative estimate of drug-likeness (QED) is 0.121. The molecule has 0 atom stereocenters. The Kier molecular flexibility index (Phi) is 12.4. The van der Waals surface area contributed by atoms with E-state index in [0.29, 0.717) is 17.6 Å². The maximum atomic E-state index is 5.44. The molecule has 0 radical (unpaired) electrons. The van der Waals surface area contributed by atoms with Crippen molar-refractivity contribution < 1.29 is 0 Å². The number of fused-ring (bicyclic) bond motifs is 1. The highest BCUT2D eigenvalue weighted by atomic mass is 15.3. The monoisotopic (exact) mass is 928 g/mol. The van der Waals surface area contributed by atoms with E-state index in [1.165, 1.54) is 77.5 Å². The molecule has 4 nitrogen and oxygen atoms in total. The summed E-state index contributed by atoms with van der Waals surface area (Å²) in [6.45, 7) is 13.4. The van der Waals surface area contributed by atoms with E-state index in [0.717, 1.165) is 39.2 Å². The fraction of sp³-hybridized carbons (Fsp3) is 0.103. The number of benzene rings is 10. The minimum atomic E-state index is 0.0283. The second-order valence-corrected chi connectivity index (χ2v) is 19.2. The lowest BCUT2D eigenvalue weighted by atomic mass is 9.77. The van der Waals surface area contributed by atoms with E-state index < -0.39 is 0 Å². The van der Waals surface area contributed by atoms with Crippen LogP contribution in [-0.4, -0.2) is 15.0 Å². The molecule has 0 spiro atoms. The Hall–Kier alpha value is -8.73. The SMILES string of the molecule is Cc1cc(C)c(C(c2ccc(N(c3nc(-c4ccccc4)nc(-c4ccc(-c5cccc6cccc(-c7ccccc7)c56)cc4)n3)c3ccccc3-c3ccccc3)cc2)c2c(C)cc(C)cc2C)c(C)c1. The van der Waals surface area contributed by atoms with Crippen LogP contribution in [0, 0.1) is 41.5 Å². The molecule has 0 saturated heterocycles. The average molecular weight is 929 g/mol. The van der Waals surface area contributed by atoms with Gasteiger partial charge in [0.15, 0.2) is 11.6 Å². The molecule has 1 heterocycles. The van der Waals surface area contributed by atoms with Gasteiger partial charge in [-0.3, -0.25) is 4.90 Å². The maximum absolute atomic E-state index is 5.44. The summed E-state index contributed by atoms with van der Waals surface area (Å²) in [5.74, 6) is 1.73. The molecule has 0 bridgehead atoms. The first-order valence-electron chi connectivity index (χ1n) is 24.9. The Morgan fingerprint density at radius 1 is 0.347 bits per heavy atom. The van der Waals surface area contributed by atoms with Crippen molar-refractivity contribution in [2.75, 3.05) is 4.90 Å². The molecule has 0 aliphatic carbocycles. The van der Waals surface area contributed by atoms with E-state index in [1.54, 1.807) is 0 Å². The predicted molar refractivity (Wildman–Crippen MR) is 301 cm³/mol. The van der Waals surface area contributed by atoms with Crippen molar-refractivity contribution in [1.29, 1.82) is 0 Å². The number of hydrogen-bond donors (Lipinski definition) is 0. The van der Waals surface area contributed by atoms with Crippen molar-refractivity contribution in [3.63, 3.8) is 0 Å². The van der Waals surface area contributed by atoms with Gasteiger partial charge in [0, 0.05) is 28.3 Å². The summed E-state index contributed by atoms with van der Waals surface area (Å²) in [6.07, 6.45) is 0. The van der Waals surface area contributed by atoms with E-state index in [-0.39, 0.29) is 5.92 Å². The van der Waals surface area contributed by atoms with Crippen molar-refractivity contribution in [2.24, 2.45) is 0 Å². The second-order valence-electron chi connectivity index (χ2n) is 19.2. The number of nitrogens with zero attached hydrogens (tertiary/aromatic N) is 4. The number of aromatic nitrogens is 3. The Labute approximate surface area is 424 Å². The third-order valence-electron chi connectivity index (χ3n) is 14.1. The lowest BCUT2D eigenvalue weighted by Crippen LogP contribution is -2.16. The summed E-state index contributed by atoms with van der Waals surface area (Å²) in [4.78, 5) is 18.3. The zero-order valence-electron chi connectivity index (χ0n) is 41.7. The van der Waals surface area contributed by atoms with Gasteiger partial charge in [-0.2, -0.15) is 9.97 Å². The number of rotatable bonds is 11. The lowest BCUT2D eigenvalue weighted by Gasteiger charge is -2.29. The Bertz CT molecular complexity index is 3620. The highest BCUT2D eigenvalue weighted by Crippen LogP contribution is 2.44. The highest BCUT2D eigenvalue weighted by Gasteiger charge is 2.27. The number of para-hydroxylation sites is 1. The van der Waals surface area contributed by atoms with Crippen LogP contribution >= 0.6 is 0 Å². The van der Waals surface area contributed by atoms with Gasteiger partial charge in [-0.15, -0.1) is 0 Å². The van der Waals surface area contributed by atoms with Gasteiger partial charge in [-0.1, -0.05) is 217 Å².